The molecule has 0 N–H and O–H groups in total. The minimum atomic E-state index is 0.523. The van der Waals surface area contributed by atoms with Crippen molar-refractivity contribution in [2.24, 2.45) is 0 Å². The van der Waals surface area contributed by atoms with E-state index in [0.29, 0.717) is 10.7 Å². The second kappa shape index (κ2) is 5.40. The summed E-state index contributed by atoms with van der Waals surface area (Å²) in [7, 11) is 1.70. The van der Waals surface area contributed by atoms with Gasteiger partial charge in [0.2, 0.25) is 0 Å². The van der Waals surface area contributed by atoms with Crippen LogP contribution in [0.25, 0.3) is 0 Å². The molecule has 0 saturated carbocycles. The summed E-state index contributed by atoms with van der Waals surface area (Å²) in [5.74, 6) is 1.46. The zero-order valence-electron chi connectivity index (χ0n) is 8.96. The molecule has 1 aromatic carbocycles. The number of ether oxygens (including phenoxy) is 1. The average molecular weight is 257 g/mol. The zero-order valence-corrected chi connectivity index (χ0v) is 10.5. The predicted octanol–water partition coefficient (Wildman–Crippen LogP) is 3.97. The van der Waals surface area contributed by atoms with Crippen LogP contribution in [0.5, 0.6) is 5.75 Å². The van der Waals surface area contributed by atoms with Crippen molar-refractivity contribution in [3.8, 4) is 5.75 Å². The van der Waals surface area contributed by atoms with Gasteiger partial charge in [-0.15, -0.1) is 0 Å². The van der Waals surface area contributed by atoms with Crippen LogP contribution < -0.4 is 4.74 Å². The van der Waals surface area contributed by atoms with Gasteiger partial charge in [-0.25, -0.2) is 0 Å². The van der Waals surface area contributed by atoms with E-state index in [1.165, 1.54) is 5.56 Å². The van der Waals surface area contributed by atoms with Crippen molar-refractivity contribution >= 4 is 15.9 Å². The van der Waals surface area contributed by atoms with Crippen LogP contribution in [0, 0.1) is 0 Å². The lowest BCUT2D eigenvalue weighted by Gasteiger charge is -2.17. The van der Waals surface area contributed by atoms with Crippen LogP contribution in [0.4, 0.5) is 0 Å². The van der Waals surface area contributed by atoms with E-state index in [1.807, 2.05) is 12.1 Å². The highest BCUT2D eigenvalue weighted by molar-refractivity contribution is 9.09. The summed E-state index contributed by atoms with van der Waals surface area (Å²) in [6, 6.07) is 8.27. The normalized spacial score (nSPS) is 14.9. The molecule has 0 bridgehead atoms. The summed E-state index contributed by atoms with van der Waals surface area (Å²) in [4.78, 5) is 0.537. The molecule has 0 radical (unpaired) electrons. The number of hydrogen-bond donors (Lipinski definition) is 0. The van der Waals surface area contributed by atoms with Crippen LogP contribution in [-0.2, 0) is 0 Å². The predicted molar refractivity (Wildman–Crippen MR) is 64.4 cm³/mol. The Hall–Kier alpha value is -0.500. The van der Waals surface area contributed by atoms with Gasteiger partial charge in [0.1, 0.15) is 5.75 Å². The van der Waals surface area contributed by atoms with Gasteiger partial charge in [0.15, 0.2) is 0 Å². The molecule has 0 amide bonds. The minimum Gasteiger partial charge on any atom is -0.497 e. The van der Waals surface area contributed by atoms with E-state index in [1.54, 1.807) is 7.11 Å². The highest BCUT2D eigenvalue weighted by atomic mass is 79.9. The Morgan fingerprint density at radius 1 is 1.43 bits per heavy atom. The second-order valence-electron chi connectivity index (χ2n) is 3.49. The smallest absolute Gasteiger partial charge is 0.119 e. The molecule has 0 aromatic heterocycles. The van der Waals surface area contributed by atoms with Crippen molar-refractivity contribution in [2.75, 3.05) is 7.11 Å². The molecule has 78 valence electrons. The molecule has 0 fully saturated rings. The minimum absolute atomic E-state index is 0.523. The van der Waals surface area contributed by atoms with Crippen LogP contribution in [0.1, 0.15) is 31.7 Å². The SMILES string of the molecule is CCC(Br)C(C)c1cccc(OC)c1. The molecule has 1 rings (SSSR count). The lowest BCUT2D eigenvalue weighted by atomic mass is 9.96. The molecule has 2 unspecified atom stereocenters. The number of benzene rings is 1. The first-order valence-electron chi connectivity index (χ1n) is 4.97. The van der Waals surface area contributed by atoms with Crippen LogP contribution in [-0.4, -0.2) is 11.9 Å². The van der Waals surface area contributed by atoms with E-state index in [9.17, 15) is 0 Å². The van der Waals surface area contributed by atoms with Gasteiger partial charge in [-0.3, -0.25) is 0 Å². The highest BCUT2D eigenvalue weighted by Crippen LogP contribution is 2.28. The lowest BCUT2D eigenvalue weighted by molar-refractivity contribution is 0.414. The fourth-order valence-corrected chi connectivity index (χ4v) is 1.79. The lowest BCUT2D eigenvalue weighted by Crippen LogP contribution is -2.07. The first-order chi connectivity index (χ1) is 6.69. The highest BCUT2D eigenvalue weighted by Gasteiger charge is 2.14. The molecular weight excluding hydrogens is 240 g/mol. The second-order valence-corrected chi connectivity index (χ2v) is 4.67. The van der Waals surface area contributed by atoms with Crippen molar-refractivity contribution in [3.05, 3.63) is 29.8 Å². The summed E-state index contributed by atoms with van der Waals surface area (Å²) >= 11 is 3.68. The largest absolute Gasteiger partial charge is 0.497 e. The first-order valence-corrected chi connectivity index (χ1v) is 5.88. The van der Waals surface area contributed by atoms with E-state index in [2.05, 4.69) is 41.9 Å². The molecule has 0 aliphatic heterocycles. The Morgan fingerprint density at radius 3 is 2.71 bits per heavy atom. The number of alkyl halides is 1. The molecule has 0 heterocycles. The molecule has 1 nitrogen and oxygen atoms in total. The Kier molecular flexibility index (Phi) is 4.46. The summed E-state index contributed by atoms with van der Waals surface area (Å²) in [5.41, 5.74) is 1.33. The third-order valence-electron chi connectivity index (χ3n) is 2.55. The maximum atomic E-state index is 5.20. The molecule has 1 aromatic rings. The molecule has 14 heavy (non-hydrogen) atoms. The Labute approximate surface area is 94.6 Å². The van der Waals surface area contributed by atoms with Crippen LogP contribution in [0.3, 0.4) is 0 Å². The molecule has 0 aliphatic rings. The van der Waals surface area contributed by atoms with Crippen LogP contribution in [0.15, 0.2) is 24.3 Å². The van der Waals surface area contributed by atoms with Gasteiger partial charge in [-0.1, -0.05) is 41.9 Å². The van der Waals surface area contributed by atoms with E-state index in [0.717, 1.165) is 12.2 Å². The van der Waals surface area contributed by atoms with Gasteiger partial charge in [0.25, 0.3) is 0 Å². The quantitative estimate of drug-likeness (QED) is 0.741. The summed E-state index contributed by atoms with van der Waals surface area (Å²) in [5, 5.41) is 0. The van der Waals surface area contributed by atoms with Gasteiger partial charge in [0.05, 0.1) is 7.11 Å². The van der Waals surface area contributed by atoms with Gasteiger partial charge in [-0.2, -0.15) is 0 Å². The molecule has 0 spiro atoms. The molecular formula is C12H17BrO. The molecule has 2 heteroatoms. The van der Waals surface area contributed by atoms with Crippen molar-refractivity contribution in [3.63, 3.8) is 0 Å². The number of halogens is 1. The zero-order chi connectivity index (χ0) is 10.6. The maximum absolute atomic E-state index is 5.20. The topological polar surface area (TPSA) is 9.23 Å². The standard InChI is InChI=1S/C12H17BrO/c1-4-12(13)9(2)10-6-5-7-11(8-10)14-3/h5-9,12H,4H2,1-3H3. The number of methoxy groups -OCH3 is 1. The van der Waals surface area contributed by atoms with Gasteiger partial charge in [0, 0.05) is 4.83 Å². The molecule has 0 saturated heterocycles. The Morgan fingerprint density at radius 2 is 2.14 bits per heavy atom. The average Bonchev–Trinajstić information content (AvgIpc) is 2.27. The third kappa shape index (κ3) is 2.74. The summed E-state index contributed by atoms with van der Waals surface area (Å²) < 4.78 is 5.20. The Balaban J connectivity index is 2.83. The van der Waals surface area contributed by atoms with E-state index >= 15 is 0 Å². The fraction of sp³-hybridized carbons (Fsp3) is 0.500. The Bertz CT molecular complexity index is 285. The summed E-state index contributed by atoms with van der Waals surface area (Å²) in [6.07, 6.45) is 1.14. The number of hydrogen-bond acceptors (Lipinski definition) is 1. The fourth-order valence-electron chi connectivity index (χ4n) is 1.49. The third-order valence-corrected chi connectivity index (χ3v) is 3.99. The van der Waals surface area contributed by atoms with Crippen LogP contribution >= 0.6 is 15.9 Å². The van der Waals surface area contributed by atoms with Crippen molar-refractivity contribution in [1.29, 1.82) is 0 Å². The molecule has 2 atom stereocenters. The monoisotopic (exact) mass is 256 g/mol. The summed E-state index contributed by atoms with van der Waals surface area (Å²) in [6.45, 7) is 4.42. The molecule has 0 aliphatic carbocycles. The first kappa shape index (κ1) is 11.6. The van der Waals surface area contributed by atoms with Gasteiger partial charge in [-0.05, 0) is 30.0 Å². The number of rotatable bonds is 4. The maximum Gasteiger partial charge on any atom is 0.119 e. The van der Waals surface area contributed by atoms with Crippen molar-refractivity contribution in [1.82, 2.24) is 0 Å². The van der Waals surface area contributed by atoms with E-state index in [4.69, 9.17) is 4.74 Å². The van der Waals surface area contributed by atoms with Gasteiger partial charge >= 0.3 is 0 Å². The van der Waals surface area contributed by atoms with Crippen LogP contribution in [0.2, 0.25) is 0 Å². The van der Waals surface area contributed by atoms with E-state index in [-0.39, 0.29) is 0 Å². The van der Waals surface area contributed by atoms with E-state index < -0.39 is 0 Å². The van der Waals surface area contributed by atoms with Gasteiger partial charge < -0.3 is 4.74 Å². The van der Waals surface area contributed by atoms with Crippen molar-refractivity contribution in [2.45, 2.75) is 31.0 Å². The van der Waals surface area contributed by atoms with Crippen molar-refractivity contribution < 1.29 is 4.74 Å².